The maximum atomic E-state index is 9.15. The van der Waals surface area contributed by atoms with Gasteiger partial charge in [-0.25, -0.2) is 0 Å². The van der Waals surface area contributed by atoms with Gasteiger partial charge in [0.25, 0.3) is 0 Å². The first-order chi connectivity index (χ1) is 8.11. The molecule has 0 radical (unpaired) electrons. The van der Waals surface area contributed by atoms with Gasteiger partial charge in [-0.1, -0.05) is 11.6 Å². The fourth-order valence-corrected chi connectivity index (χ4v) is 2.31. The van der Waals surface area contributed by atoms with Gasteiger partial charge in [-0.3, -0.25) is 0 Å². The molecule has 90 valence electrons. The minimum absolute atomic E-state index is 0.506. The zero-order chi connectivity index (χ0) is 12.4. The van der Waals surface area contributed by atoms with Crippen LogP contribution in [0.3, 0.4) is 0 Å². The van der Waals surface area contributed by atoms with Gasteiger partial charge in [-0.05, 0) is 32.2 Å². The van der Waals surface area contributed by atoms with Crippen LogP contribution in [0.2, 0.25) is 5.02 Å². The number of piperazine rings is 1. The second kappa shape index (κ2) is 4.95. The van der Waals surface area contributed by atoms with Crippen LogP contribution in [0, 0.1) is 11.3 Å². The van der Waals surface area contributed by atoms with E-state index >= 15 is 0 Å². The maximum Gasteiger partial charge on any atom is 0.101 e. The summed E-state index contributed by atoms with van der Waals surface area (Å²) < 4.78 is 0. The Balaban J connectivity index is 2.26. The average molecular weight is 250 g/mol. The minimum atomic E-state index is 0.506. The van der Waals surface area contributed by atoms with E-state index in [9.17, 15) is 0 Å². The molecule has 1 heterocycles. The van der Waals surface area contributed by atoms with Crippen LogP contribution >= 0.6 is 11.6 Å². The lowest BCUT2D eigenvalue weighted by atomic mass is 10.1. The number of hydrogen-bond donors (Lipinski definition) is 0. The Morgan fingerprint density at radius 3 is 2.82 bits per heavy atom. The highest BCUT2D eigenvalue weighted by Gasteiger charge is 2.22. The fraction of sp³-hybridized carbons (Fsp3) is 0.462. The van der Waals surface area contributed by atoms with Crippen LogP contribution in [0.15, 0.2) is 18.2 Å². The van der Waals surface area contributed by atoms with E-state index in [0.29, 0.717) is 16.6 Å². The third kappa shape index (κ3) is 2.54. The maximum absolute atomic E-state index is 9.15. The second-order valence-corrected chi connectivity index (χ2v) is 4.99. The van der Waals surface area contributed by atoms with Crippen molar-refractivity contribution in [2.75, 3.05) is 31.6 Å². The zero-order valence-corrected chi connectivity index (χ0v) is 10.9. The fourth-order valence-electron chi connectivity index (χ4n) is 2.14. The Bertz CT molecular complexity index is 452. The molecule has 0 saturated carbocycles. The molecule has 0 bridgehead atoms. The van der Waals surface area contributed by atoms with Gasteiger partial charge >= 0.3 is 0 Å². The van der Waals surface area contributed by atoms with Crippen LogP contribution in [0.5, 0.6) is 0 Å². The van der Waals surface area contributed by atoms with Crippen molar-refractivity contribution in [1.82, 2.24) is 4.90 Å². The molecule has 2 rings (SSSR count). The highest BCUT2D eigenvalue weighted by molar-refractivity contribution is 6.30. The predicted molar refractivity (Wildman–Crippen MR) is 70.5 cm³/mol. The van der Waals surface area contributed by atoms with Gasteiger partial charge in [0.2, 0.25) is 0 Å². The van der Waals surface area contributed by atoms with Crippen molar-refractivity contribution in [3.8, 4) is 6.07 Å². The van der Waals surface area contributed by atoms with E-state index in [0.717, 1.165) is 25.3 Å². The molecular weight excluding hydrogens is 234 g/mol. The highest BCUT2D eigenvalue weighted by atomic mass is 35.5. The molecule has 0 aliphatic carbocycles. The van der Waals surface area contributed by atoms with Crippen molar-refractivity contribution in [1.29, 1.82) is 5.26 Å². The first-order valence-electron chi connectivity index (χ1n) is 5.76. The molecule has 0 aromatic heterocycles. The molecule has 1 aromatic rings. The molecule has 17 heavy (non-hydrogen) atoms. The second-order valence-electron chi connectivity index (χ2n) is 4.55. The summed E-state index contributed by atoms with van der Waals surface area (Å²) >= 11 is 5.91. The van der Waals surface area contributed by atoms with Gasteiger partial charge < -0.3 is 9.80 Å². The first-order valence-corrected chi connectivity index (χ1v) is 6.14. The number of halogens is 1. The van der Waals surface area contributed by atoms with Crippen molar-refractivity contribution >= 4 is 17.3 Å². The Morgan fingerprint density at radius 2 is 2.18 bits per heavy atom. The molecule has 1 aromatic carbocycles. The number of benzene rings is 1. The number of rotatable bonds is 1. The number of likely N-dealkylation sites (N-methyl/N-ethyl adjacent to an activating group) is 1. The molecule has 0 spiro atoms. The van der Waals surface area contributed by atoms with Gasteiger partial charge in [-0.2, -0.15) is 5.26 Å². The van der Waals surface area contributed by atoms with E-state index in [1.54, 1.807) is 6.07 Å². The quantitative estimate of drug-likeness (QED) is 0.766. The van der Waals surface area contributed by atoms with Crippen molar-refractivity contribution in [3.63, 3.8) is 0 Å². The van der Waals surface area contributed by atoms with Gasteiger partial charge in [0.1, 0.15) is 6.07 Å². The average Bonchev–Trinajstić information content (AvgIpc) is 2.32. The van der Waals surface area contributed by atoms with Gasteiger partial charge in [0.15, 0.2) is 0 Å². The van der Waals surface area contributed by atoms with Crippen LogP contribution in [0.4, 0.5) is 5.69 Å². The summed E-state index contributed by atoms with van der Waals surface area (Å²) in [4.78, 5) is 4.60. The SMILES string of the molecule is CC1CN(c2ccc(Cl)cc2C#N)CCN1C. The summed E-state index contributed by atoms with van der Waals surface area (Å²) in [6.45, 7) is 5.13. The Kier molecular flexibility index (Phi) is 3.56. The highest BCUT2D eigenvalue weighted by Crippen LogP contribution is 2.25. The molecule has 3 nitrogen and oxygen atoms in total. The molecule has 1 unspecified atom stereocenters. The van der Waals surface area contributed by atoms with Gasteiger partial charge in [-0.15, -0.1) is 0 Å². The molecule has 1 aliphatic rings. The molecule has 1 atom stereocenters. The number of nitriles is 1. The first kappa shape index (κ1) is 12.2. The van der Waals surface area contributed by atoms with Crippen molar-refractivity contribution in [3.05, 3.63) is 28.8 Å². The largest absolute Gasteiger partial charge is 0.368 e. The summed E-state index contributed by atoms with van der Waals surface area (Å²) in [6.07, 6.45) is 0. The van der Waals surface area contributed by atoms with Gasteiger partial charge in [0.05, 0.1) is 11.3 Å². The molecule has 1 aliphatic heterocycles. The standard InChI is InChI=1S/C13H16ClN3/c1-10-9-17(6-5-16(10)2)13-4-3-12(14)7-11(13)8-15/h3-4,7,10H,5-6,9H2,1-2H3. The smallest absolute Gasteiger partial charge is 0.101 e. The van der Waals surface area contributed by atoms with Crippen molar-refractivity contribution in [2.24, 2.45) is 0 Å². The lowest BCUT2D eigenvalue weighted by Gasteiger charge is -2.39. The Hall–Kier alpha value is -1.24. The lowest BCUT2D eigenvalue weighted by Crippen LogP contribution is -2.50. The van der Waals surface area contributed by atoms with Crippen LogP contribution in [-0.4, -0.2) is 37.6 Å². The van der Waals surface area contributed by atoms with Crippen molar-refractivity contribution < 1.29 is 0 Å². The topological polar surface area (TPSA) is 30.3 Å². The zero-order valence-electron chi connectivity index (χ0n) is 10.2. The van der Waals surface area contributed by atoms with Crippen LogP contribution in [0.1, 0.15) is 12.5 Å². The number of nitrogens with zero attached hydrogens (tertiary/aromatic N) is 3. The molecule has 4 heteroatoms. The monoisotopic (exact) mass is 249 g/mol. The van der Waals surface area contributed by atoms with E-state index < -0.39 is 0 Å². The number of hydrogen-bond acceptors (Lipinski definition) is 3. The summed E-state index contributed by atoms with van der Waals surface area (Å²) in [5.74, 6) is 0. The van der Waals surface area contributed by atoms with E-state index in [4.69, 9.17) is 16.9 Å². The molecule has 1 saturated heterocycles. The Labute approximate surface area is 107 Å². The van der Waals surface area contributed by atoms with Gasteiger partial charge in [0, 0.05) is 30.7 Å². The summed E-state index contributed by atoms with van der Waals surface area (Å²) in [5.41, 5.74) is 1.66. The van der Waals surface area contributed by atoms with Crippen LogP contribution in [0.25, 0.3) is 0 Å². The predicted octanol–water partition coefficient (Wildman–Crippen LogP) is 2.35. The molecule has 0 amide bonds. The molecular formula is C13H16ClN3. The summed E-state index contributed by atoms with van der Waals surface area (Å²) in [5, 5.41) is 9.76. The summed E-state index contributed by atoms with van der Waals surface area (Å²) in [7, 11) is 2.13. The van der Waals surface area contributed by atoms with Crippen LogP contribution < -0.4 is 4.90 Å². The lowest BCUT2D eigenvalue weighted by molar-refractivity contribution is 0.234. The Morgan fingerprint density at radius 1 is 1.41 bits per heavy atom. The molecule has 0 N–H and O–H groups in total. The third-order valence-corrected chi connectivity index (χ3v) is 3.61. The summed E-state index contributed by atoms with van der Waals surface area (Å²) in [6, 6.07) is 8.25. The van der Waals surface area contributed by atoms with E-state index in [1.807, 2.05) is 12.1 Å². The van der Waals surface area contributed by atoms with E-state index in [-0.39, 0.29) is 0 Å². The third-order valence-electron chi connectivity index (χ3n) is 3.38. The normalized spacial score (nSPS) is 21.3. The van der Waals surface area contributed by atoms with Crippen LogP contribution in [-0.2, 0) is 0 Å². The minimum Gasteiger partial charge on any atom is -0.368 e. The number of anilines is 1. The molecule has 1 fully saturated rings. The van der Waals surface area contributed by atoms with E-state index in [2.05, 4.69) is 29.8 Å². The van der Waals surface area contributed by atoms with Crippen molar-refractivity contribution in [2.45, 2.75) is 13.0 Å². The van der Waals surface area contributed by atoms with E-state index in [1.165, 1.54) is 0 Å².